The summed E-state index contributed by atoms with van der Waals surface area (Å²) in [5.74, 6) is 0.0627. The number of hydrogen-bond donors (Lipinski definition) is 1. The van der Waals surface area contributed by atoms with Gasteiger partial charge in [0.2, 0.25) is 5.91 Å². The van der Waals surface area contributed by atoms with Gasteiger partial charge in [0.25, 0.3) is 5.56 Å². The lowest BCUT2D eigenvalue weighted by molar-refractivity contribution is -0.129. The predicted octanol–water partition coefficient (Wildman–Crippen LogP) is 3.01. The van der Waals surface area contributed by atoms with E-state index < -0.39 is 0 Å². The van der Waals surface area contributed by atoms with E-state index in [2.05, 4.69) is 4.98 Å². The quantitative estimate of drug-likeness (QED) is 0.681. The van der Waals surface area contributed by atoms with Crippen molar-refractivity contribution in [2.75, 3.05) is 6.54 Å². The van der Waals surface area contributed by atoms with Crippen molar-refractivity contribution in [1.29, 1.82) is 0 Å². The maximum absolute atomic E-state index is 13.1. The number of fused-ring (bicyclic) bond motifs is 3. The summed E-state index contributed by atoms with van der Waals surface area (Å²) in [5, 5.41) is 0.704. The number of hydrogen-bond acceptors (Lipinski definition) is 4. The summed E-state index contributed by atoms with van der Waals surface area (Å²) in [6, 6.07) is 9.41. The number of carbonyl (C=O) groups is 1. The van der Waals surface area contributed by atoms with Crippen molar-refractivity contribution < 1.29 is 4.79 Å². The lowest BCUT2D eigenvalue weighted by atomic mass is 10.1. The Hall–Kier alpha value is -2.25. The third kappa shape index (κ3) is 2.32. The summed E-state index contributed by atoms with van der Waals surface area (Å²) in [7, 11) is 0. The van der Waals surface area contributed by atoms with Gasteiger partial charge in [-0.15, -0.1) is 11.3 Å². The van der Waals surface area contributed by atoms with Gasteiger partial charge in [-0.3, -0.25) is 14.2 Å². The van der Waals surface area contributed by atoms with Crippen LogP contribution in [0.15, 0.2) is 35.1 Å². The van der Waals surface area contributed by atoms with E-state index in [4.69, 9.17) is 12.2 Å². The van der Waals surface area contributed by atoms with E-state index >= 15 is 0 Å². The molecule has 3 aromatic rings. The minimum Gasteiger partial charge on any atom is -0.337 e. The van der Waals surface area contributed by atoms with Crippen LogP contribution in [0, 0.1) is 4.77 Å². The van der Waals surface area contributed by atoms with Crippen LogP contribution in [0.2, 0.25) is 0 Å². The summed E-state index contributed by atoms with van der Waals surface area (Å²) in [6.07, 6.45) is 0.698. The van der Waals surface area contributed by atoms with Crippen LogP contribution in [0.4, 0.5) is 0 Å². The molecule has 2 aromatic heterocycles. The Kier molecular flexibility index (Phi) is 3.62. The molecule has 1 aromatic carbocycles. The molecule has 0 unspecified atom stereocenters. The fourth-order valence-corrected chi connectivity index (χ4v) is 4.76. The lowest BCUT2D eigenvalue weighted by Gasteiger charge is -2.25. The van der Waals surface area contributed by atoms with E-state index in [0.29, 0.717) is 29.7 Å². The summed E-state index contributed by atoms with van der Waals surface area (Å²) < 4.78 is 1.93. The standard InChI is InChI=1S/C17H15N3O2S2/c1-10(21)19-8-7-12-13(9-19)24-15-14(12)16(22)20(17(23)18-15)11-5-3-2-4-6-11/h2-6H,7-9H2,1H3,(H,18,23). The molecule has 0 fully saturated rings. The highest BCUT2D eigenvalue weighted by atomic mass is 32.1. The molecule has 122 valence electrons. The minimum absolute atomic E-state index is 0.0627. The van der Waals surface area contributed by atoms with Gasteiger partial charge in [-0.25, -0.2) is 0 Å². The molecule has 4 rings (SSSR count). The first-order valence-corrected chi connectivity index (χ1v) is 8.89. The lowest BCUT2D eigenvalue weighted by Crippen LogP contribution is -2.33. The molecule has 0 saturated heterocycles. The molecule has 0 saturated carbocycles. The monoisotopic (exact) mass is 357 g/mol. The van der Waals surface area contributed by atoms with Gasteiger partial charge in [-0.05, 0) is 36.3 Å². The summed E-state index contributed by atoms with van der Waals surface area (Å²) >= 11 is 6.93. The second-order valence-electron chi connectivity index (χ2n) is 5.80. The second-order valence-corrected chi connectivity index (χ2v) is 7.30. The number of rotatable bonds is 1. The zero-order chi connectivity index (χ0) is 16.8. The third-order valence-corrected chi connectivity index (χ3v) is 5.77. The minimum atomic E-state index is -0.0891. The molecule has 7 heteroatoms. The van der Waals surface area contributed by atoms with Crippen molar-refractivity contribution >= 4 is 39.7 Å². The third-order valence-electron chi connectivity index (χ3n) is 4.36. The number of carbonyl (C=O) groups excluding carboxylic acids is 1. The number of amides is 1. The van der Waals surface area contributed by atoms with Crippen molar-refractivity contribution in [1.82, 2.24) is 14.5 Å². The van der Waals surface area contributed by atoms with Gasteiger partial charge >= 0.3 is 0 Å². The van der Waals surface area contributed by atoms with E-state index in [-0.39, 0.29) is 11.5 Å². The fraction of sp³-hybridized carbons (Fsp3) is 0.235. The van der Waals surface area contributed by atoms with Gasteiger partial charge in [0.05, 0.1) is 17.6 Å². The first kappa shape index (κ1) is 15.3. The smallest absolute Gasteiger partial charge is 0.267 e. The van der Waals surface area contributed by atoms with E-state index in [1.807, 2.05) is 35.2 Å². The van der Waals surface area contributed by atoms with Crippen molar-refractivity contribution in [3.8, 4) is 5.69 Å². The molecule has 0 atom stereocenters. The summed E-state index contributed by atoms with van der Waals surface area (Å²) in [5.41, 5.74) is 1.72. The Balaban J connectivity index is 1.96. The van der Waals surface area contributed by atoms with Gasteiger partial charge < -0.3 is 9.88 Å². The van der Waals surface area contributed by atoms with Crippen LogP contribution in [0.1, 0.15) is 17.4 Å². The second kappa shape index (κ2) is 5.68. The largest absolute Gasteiger partial charge is 0.337 e. The highest BCUT2D eigenvalue weighted by Crippen LogP contribution is 2.32. The molecule has 1 aliphatic rings. The molecule has 24 heavy (non-hydrogen) atoms. The number of benzene rings is 1. The number of aromatic amines is 1. The van der Waals surface area contributed by atoms with Crippen LogP contribution in [0.3, 0.4) is 0 Å². The Morgan fingerprint density at radius 2 is 2.04 bits per heavy atom. The van der Waals surface area contributed by atoms with Crippen molar-refractivity contribution in [2.24, 2.45) is 0 Å². The van der Waals surface area contributed by atoms with E-state index in [9.17, 15) is 9.59 Å². The Morgan fingerprint density at radius 3 is 2.75 bits per heavy atom. The van der Waals surface area contributed by atoms with Crippen LogP contribution in [-0.4, -0.2) is 26.9 Å². The van der Waals surface area contributed by atoms with E-state index in [1.165, 1.54) is 11.3 Å². The maximum Gasteiger partial charge on any atom is 0.267 e. The first-order chi connectivity index (χ1) is 11.6. The number of para-hydroxylation sites is 1. The van der Waals surface area contributed by atoms with E-state index in [0.717, 1.165) is 21.0 Å². The number of thiophene rings is 1. The molecule has 0 aliphatic carbocycles. The van der Waals surface area contributed by atoms with Gasteiger partial charge in [-0.2, -0.15) is 0 Å². The number of H-pyrrole nitrogens is 1. The fourth-order valence-electron chi connectivity index (χ4n) is 3.16. The highest BCUT2D eigenvalue weighted by Gasteiger charge is 2.25. The van der Waals surface area contributed by atoms with Crippen LogP contribution in [0.5, 0.6) is 0 Å². The molecule has 5 nitrogen and oxygen atoms in total. The number of aromatic nitrogens is 2. The predicted molar refractivity (Wildman–Crippen MR) is 97.4 cm³/mol. The summed E-state index contributed by atoms with van der Waals surface area (Å²) in [6.45, 7) is 2.79. The SMILES string of the molecule is CC(=O)N1CCc2c(sc3[nH]c(=S)n(-c4ccccc4)c(=O)c23)C1. The molecule has 1 aliphatic heterocycles. The molecule has 0 spiro atoms. The zero-order valence-corrected chi connectivity index (χ0v) is 14.7. The van der Waals surface area contributed by atoms with Crippen LogP contribution in [0.25, 0.3) is 15.9 Å². The van der Waals surface area contributed by atoms with Crippen LogP contribution < -0.4 is 5.56 Å². The number of nitrogens with zero attached hydrogens (tertiary/aromatic N) is 2. The zero-order valence-electron chi connectivity index (χ0n) is 13.0. The molecule has 3 heterocycles. The molecular weight excluding hydrogens is 342 g/mol. The Bertz CT molecular complexity index is 1060. The van der Waals surface area contributed by atoms with Crippen LogP contribution in [-0.2, 0) is 17.8 Å². The van der Waals surface area contributed by atoms with Crippen molar-refractivity contribution in [3.63, 3.8) is 0 Å². The topological polar surface area (TPSA) is 58.1 Å². The van der Waals surface area contributed by atoms with Gasteiger partial charge in [0.15, 0.2) is 4.77 Å². The molecule has 0 radical (unpaired) electrons. The summed E-state index contributed by atoms with van der Waals surface area (Å²) in [4.78, 5) is 31.6. The first-order valence-electron chi connectivity index (χ1n) is 7.67. The average molecular weight is 357 g/mol. The molecule has 0 bridgehead atoms. The molecule has 1 amide bonds. The average Bonchev–Trinajstić information content (AvgIpc) is 2.93. The van der Waals surface area contributed by atoms with Crippen LogP contribution >= 0.6 is 23.6 Å². The van der Waals surface area contributed by atoms with Gasteiger partial charge in [0.1, 0.15) is 4.83 Å². The molecular formula is C17H15N3O2S2. The Labute approximate surface area is 147 Å². The van der Waals surface area contributed by atoms with Crippen molar-refractivity contribution in [3.05, 3.63) is 55.9 Å². The maximum atomic E-state index is 13.1. The van der Waals surface area contributed by atoms with Crippen molar-refractivity contribution in [2.45, 2.75) is 19.9 Å². The Morgan fingerprint density at radius 1 is 1.29 bits per heavy atom. The number of nitrogens with one attached hydrogen (secondary N) is 1. The highest BCUT2D eigenvalue weighted by molar-refractivity contribution is 7.71. The van der Waals surface area contributed by atoms with E-state index in [1.54, 1.807) is 11.5 Å². The van der Waals surface area contributed by atoms with Gasteiger partial charge in [-0.1, -0.05) is 18.2 Å². The van der Waals surface area contributed by atoms with Gasteiger partial charge in [0, 0.05) is 18.3 Å². The normalized spacial score (nSPS) is 14.0. The molecule has 1 N–H and O–H groups in total.